The molecular weight excluding hydrogens is 390 g/mol. The third kappa shape index (κ3) is 4.72. The van der Waals surface area contributed by atoms with Gasteiger partial charge in [-0.1, -0.05) is 0 Å². The highest BCUT2D eigenvalue weighted by molar-refractivity contribution is 5.99. The molecule has 0 aromatic heterocycles. The van der Waals surface area contributed by atoms with E-state index in [4.69, 9.17) is 19.9 Å². The minimum atomic E-state index is -1.45. The van der Waals surface area contributed by atoms with Gasteiger partial charge in [-0.05, 0) is 18.2 Å². The Kier molecular flexibility index (Phi) is 7.68. The maximum absolute atomic E-state index is 14.7. The Labute approximate surface area is 165 Å². The minimum Gasteiger partial charge on any atom is -0.497 e. The van der Waals surface area contributed by atoms with Crippen molar-refractivity contribution in [2.75, 3.05) is 40.7 Å². The van der Waals surface area contributed by atoms with Gasteiger partial charge in [0.2, 0.25) is 0 Å². The molecule has 1 aromatic carbocycles. The molecule has 0 fully saturated rings. The zero-order valence-electron chi connectivity index (χ0n) is 16.0. The molecule has 29 heavy (non-hydrogen) atoms. The van der Waals surface area contributed by atoms with Crippen LogP contribution in [0.4, 0.5) is 8.78 Å². The van der Waals surface area contributed by atoms with E-state index in [9.17, 15) is 23.5 Å². The van der Waals surface area contributed by atoms with Crippen LogP contribution in [0.25, 0.3) is 0 Å². The van der Waals surface area contributed by atoms with Crippen LogP contribution in [0, 0.1) is 5.82 Å². The number of allylic oxidation sites excluding steroid dienone is 1. The topological polar surface area (TPSA) is 120 Å². The lowest BCUT2D eigenvalue weighted by Gasteiger charge is -2.31. The van der Waals surface area contributed by atoms with Crippen molar-refractivity contribution in [3.8, 4) is 5.75 Å². The molecule has 1 aliphatic rings. The van der Waals surface area contributed by atoms with Crippen LogP contribution in [0.1, 0.15) is 11.5 Å². The Morgan fingerprint density at radius 1 is 1.24 bits per heavy atom. The van der Waals surface area contributed by atoms with Crippen molar-refractivity contribution in [1.29, 1.82) is 0 Å². The molecule has 0 saturated carbocycles. The Morgan fingerprint density at radius 3 is 2.52 bits per heavy atom. The average molecular weight is 412 g/mol. The standard InChI is InChI=1S/C19H22F2N2O6/c1-27-10-3-4-12(21)11(7-10)15-16(18(24)25)14(9-29-6-5-22)23-13(8-20)17(15)19(26)28-2/h3-4,7,15,23H,5-6,8-9,22H2,1-2H3,(H,24,25). The van der Waals surface area contributed by atoms with Gasteiger partial charge in [-0.3, -0.25) is 0 Å². The van der Waals surface area contributed by atoms with Crippen LogP contribution in [0.5, 0.6) is 5.75 Å². The van der Waals surface area contributed by atoms with Crippen molar-refractivity contribution in [2.24, 2.45) is 5.73 Å². The molecule has 0 amide bonds. The number of dihydropyridines is 1. The average Bonchev–Trinajstić information content (AvgIpc) is 2.72. The third-order valence-corrected chi connectivity index (χ3v) is 4.32. The molecule has 1 atom stereocenters. The number of rotatable bonds is 9. The number of alkyl halides is 1. The van der Waals surface area contributed by atoms with E-state index in [2.05, 4.69) is 5.32 Å². The van der Waals surface area contributed by atoms with Crippen LogP contribution in [0.15, 0.2) is 40.7 Å². The number of nitrogens with two attached hydrogens (primary N) is 1. The molecule has 10 heteroatoms. The zero-order valence-corrected chi connectivity index (χ0v) is 16.0. The SMILES string of the molecule is COC(=O)C1=C(CF)NC(COCCN)=C(C(=O)O)C1c1cc(OC)ccc1F. The number of hydrogen-bond donors (Lipinski definition) is 3. The number of aliphatic carboxylic acids is 1. The van der Waals surface area contributed by atoms with E-state index in [1.165, 1.54) is 19.2 Å². The number of ether oxygens (including phenoxy) is 3. The van der Waals surface area contributed by atoms with Crippen LogP contribution in [-0.4, -0.2) is 57.7 Å². The normalized spacial score (nSPS) is 16.5. The molecule has 1 aromatic rings. The molecular formula is C19H22F2N2O6. The monoisotopic (exact) mass is 412 g/mol. The summed E-state index contributed by atoms with van der Waals surface area (Å²) in [6.07, 6.45) is 0. The molecule has 1 unspecified atom stereocenters. The van der Waals surface area contributed by atoms with Crippen molar-refractivity contribution in [2.45, 2.75) is 5.92 Å². The molecule has 0 saturated heterocycles. The van der Waals surface area contributed by atoms with Gasteiger partial charge in [-0.15, -0.1) is 0 Å². The number of esters is 1. The van der Waals surface area contributed by atoms with Crippen molar-refractivity contribution in [3.05, 3.63) is 52.1 Å². The molecule has 4 N–H and O–H groups in total. The van der Waals surface area contributed by atoms with Crippen molar-refractivity contribution in [1.82, 2.24) is 5.32 Å². The van der Waals surface area contributed by atoms with E-state index in [0.717, 1.165) is 13.2 Å². The quantitative estimate of drug-likeness (QED) is 0.409. The fraction of sp³-hybridized carbons (Fsp3) is 0.368. The maximum Gasteiger partial charge on any atom is 0.336 e. The number of carbonyl (C=O) groups is 2. The first-order valence-corrected chi connectivity index (χ1v) is 8.61. The Morgan fingerprint density at radius 2 is 1.97 bits per heavy atom. The van der Waals surface area contributed by atoms with Gasteiger partial charge >= 0.3 is 11.9 Å². The molecule has 0 spiro atoms. The smallest absolute Gasteiger partial charge is 0.336 e. The number of carboxylic acid groups (broad SMARTS) is 1. The highest BCUT2D eigenvalue weighted by Crippen LogP contribution is 2.41. The predicted molar refractivity (Wildman–Crippen MR) is 98.4 cm³/mol. The number of halogens is 2. The summed E-state index contributed by atoms with van der Waals surface area (Å²) in [5, 5.41) is 12.4. The van der Waals surface area contributed by atoms with Gasteiger partial charge in [-0.2, -0.15) is 0 Å². The van der Waals surface area contributed by atoms with Crippen LogP contribution >= 0.6 is 0 Å². The van der Waals surface area contributed by atoms with E-state index in [0.29, 0.717) is 0 Å². The number of carboxylic acids is 1. The lowest BCUT2D eigenvalue weighted by Crippen LogP contribution is -2.36. The first-order chi connectivity index (χ1) is 13.9. The second-order valence-corrected chi connectivity index (χ2v) is 6.00. The number of methoxy groups -OCH3 is 2. The number of carbonyl (C=O) groups excluding carboxylic acids is 1. The zero-order chi connectivity index (χ0) is 21.6. The van der Waals surface area contributed by atoms with Gasteiger partial charge in [0.05, 0.1) is 55.9 Å². The predicted octanol–water partition coefficient (Wildman–Crippen LogP) is 1.23. The van der Waals surface area contributed by atoms with Gasteiger partial charge in [0.1, 0.15) is 18.2 Å². The van der Waals surface area contributed by atoms with Crippen LogP contribution in [0.3, 0.4) is 0 Å². The first kappa shape index (κ1) is 22.3. The van der Waals surface area contributed by atoms with Crippen molar-refractivity contribution >= 4 is 11.9 Å². The maximum atomic E-state index is 14.7. The summed E-state index contributed by atoms with van der Waals surface area (Å²) in [4.78, 5) is 24.5. The first-order valence-electron chi connectivity index (χ1n) is 8.61. The highest BCUT2D eigenvalue weighted by atomic mass is 19.1. The lowest BCUT2D eigenvalue weighted by molar-refractivity contribution is -0.136. The second-order valence-electron chi connectivity index (χ2n) is 6.00. The fourth-order valence-corrected chi connectivity index (χ4v) is 3.07. The largest absolute Gasteiger partial charge is 0.497 e. The van der Waals surface area contributed by atoms with Gasteiger partial charge in [0.25, 0.3) is 0 Å². The summed E-state index contributed by atoms with van der Waals surface area (Å²) in [7, 11) is 2.41. The van der Waals surface area contributed by atoms with Gasteiger partial charge < -0.3 is 30.4 Å². The summed E-state index contributed by atoms with van der Waals surface area (Å²) in [6.45, 7) is -1.09. The van der Waals surface area contributed by atoms with E-state index in [1.54, 1.807) is 0 Å². The number of benzene rings is 1. The molecule has 0 bridgehead atoms. The lowest BCUT2D eigenvalue weighted by atomic mass is 9.80. The molecule has 158 valence electrons. The van der Waals surface area contributed by atoms with Crippen molar-refractivity contribution in [3.63, 3.8) is 0 Å². The third-order valence-electron chi connectivity index (χ3n) is 4.32. The molecule has 0 aliphatic carbocycles. The van der Waals surface area contributed by atoms with E-state index in [1.807, 2.05) is 0 Å². The number of nitrogens with one attached hydrogen (secondary N) is 1. The molecule has 0 radical (unpaired) electrons. The van der Waals surface area contributed by atoms with E-state index in [-0.39, 0.29) is 53.6 Å². The summed E-state index contributed by atoms with van der Waals surface area (Å²) in [5.74, 6) is -4.43. The summed E-state index contributed by atoms with van der Waals surface area (Å²) in [6, 6.07) is 3.67. The summed E-state index contributed by atoms with van der Waals surface area (Å²) < 4.78 is 43.6. The van der Waals surface area contributed by atoms with Gasteiger partial charge in [0, 0.05) is 12.1 Å². The van der Waals surface area contributed by atoms with E-state index >= 15 is 0 Å². The van der Waals surface area contributed by atoms with Crippen LogP contribution in [0.2, 0.25) is 0 Å². The highest BCUT2D eigenvalue weighted by Gasteiger charge is 2.40. The second kappa shape index (κ2) is 9.99. The van der Waals surface area contributed by atoms with Gasteiger partial charge in [-0.25, -0.2) is 18.4 Å². The van der Waals surface area contributed by atoms with Crippen LogP contribution < -0.4 is 15.8 Å². The Bertz CT molecular complexity index is 853. The fourth-order valence-electron chi connectivity index (χ4n) is 3.07. The summed E-state index contributed by atoms with van der Waals surface area (Å²) in [5.41, 5.74) is 4.23. The molecule has 8 nitrogen and oxygen atoms in total. The van der Waals surface area contributed by atoms with Gasteiger partial charge in [0.15, 0.2) is 0 Å². The number of hydrogen-bond acceptors (Lipinski definition) is 7. The van der Waals surface area contributed by atoms with Crippen LogP contribution in [-0.2, 0) is 19.1 Å². The molecule has 1 aliphatic heterocycles. The Balaban J connectivity index is 2.76. The van der Waals surface area contributed by atoms with E-state index < -0.39 is 30.3 Å². The minimum absolute atomic E-state index is 0.0153. The van der Waals surface area contributed by atoms with Crippen molar-refractivity contribution < 1.29 is 37.7 Å². The molecule has 1 heterocycles. The summed E-state index contributed by atoms with van der Waals surface area (Å²) >= 11 is 0. The Hall–Kier alpha value is -2.98. The molecule has 2 rings (SSSR count).